The van der Waals surface area contributed by atoms with Crippen LogP contribution in [0.25, 0.3) is 11.1 Å². The van der Waals surface area contributed by atoms with Gasteiger partial charge in [-0.25, -0.2) is 19.4 Å². The van der Waals surface area contributed by atoms with Crippen LogP contribution < -0.4 is 10.5 Å². The highest BCUT2D eigenvalue weighted by molar-refractivity contribution is 6.29. The number of pyridine rings is 2. The van der Waals surface area contributed by atoms with Crippen LogP contribution in [0, 0.1) is 11.8 Å². The highest BCUT2D eigenvalue weighted by Gasteiger charge is 2.47. The first-order valence-corrected chi connectivity index (χ1v) is 8.63. The molecule has 140 valence electrons. The summed E-state index contributed by atoms with van der Waals surface area (Å²) in [4.78, 5) is 12.1. The van der Waals surface area contributed by atoms with E-state index in [9.17, 15) is 8.78 Å². The molecule has 3 aromatic rings. The Balaban J connectivity index is 1.77. The number of halogens is 3. The third kappa shape index (κ3) is 2.34. The number of ether oxygens (including phenoxy) is 2. The van der Waals surface area contributed by atoms with Crippen LogP contribution in [0.5, 0.6) is 11.5 Å². The second kappa shape index (κ2) is 5.87. The summed E-state index contributed by atoms with van der Waals surface area (Å²) in [5.41, 5.74) is 5.92. The van der Waals surface area contributed by atoms with Gasteiger partial charge in [0.1, 0.15) is 23.3 Å². The zero-order valence-electron chi connectivity index (χ0n) is 14.1. The molecule has 9 heteroatoms. The van der Waals surface area contributed by atoms with Crippen molar-refractivity contribution in [3.05, 3.63) is 70.8 Å². The fourth-order valence-corrected chi connectivity index (χ4v) is 3.72. The Morgan fingerprint density at radius 1 is 1.07 bits per heavy atom. The summed E-state index contributed by atoms with van der Waals surface area (Å²) >= 11 is 6.08. The van der Waals surface area contributed by atoms with Crippen LogP contribution in [-0.2, 0) is 10.3 Å². The van der Waals surface area contributed by atoms with Crippen molar-refractivity contribution in [1.82, 2.24) is 9.97 Å². The zero-order chi connectivity index (χ0) is 19.5. The summed E-state index contributed by atoms with van der Waals surface area (Å²) in [6.45, 7) is 0.0873. The molecule has 4 heterocycles. The number of aliphatic imine (C=N–C) groups is 1. The Labute approximate surface area is 162 Å². The second-order valence-electron chi connectivity index (χ2n) is 6.37. The van der Waals surface area contributed by atoms with Crippen molar-refractivity contribution in [2.24, 2.45) is 10.7 Å². The number of amidine groups is 1. The highest BCUT2D eigenvalue weighted by atomic mass is 35.5. The Morgan fingerprint density at radius 2 is 1.89 bits per heavy atom. The van der Waals surface area contributed by atoms with E-state index in [4.69, 9.17) is 26.8 Å². The van der Waals surface area contributed by atoms with Gasteiger partial charge in [-0.15, -0.1) is 0 Å². The Kier molecular flexibility index (Phi) is 3.54. The van der Waals surface area contributed by atoms with Gasteiger partial charge in [-0.2, -0.15) is 4.39 Å². The molecule has 0 saturated carbocycles. The predicted molar refractivity (Wildman–Crippen MR) is 97.3 cm³/mol. The van der Waals surface area contributed by atoms with E-state index in [0.29, 0.717) is 22.6 Å². The summed E-state index contributed by atoms with van der Waals surface area (Å²) in [5.74, 6) is -0.738. The first-order valence-electron chi connectivity index (χ1n) is 8.25. The molecule has 6 nitrogen and oxygen atoms in total. The SMILES string of the molecule is NC1=NC2(CO1)c1cc(-c3c(F)ccnc3F)ccc1Oc1cnc(Cl)cc12. The molecule has 0 bridgehead atoms. The number of benzene rings is 1. The molecule has 2 aliphatic rings. The topological polar surface area (TPSA) is 82.6 Å². The van der Waals surface area contributed by atoms with Crippen LogP contribution in [0.4, 0.5) is 8.78 Å². The van der Waals surface area contributed by atoms with Crippen molar-refractivity contribution in [2.45, 2.75) is 5.54 Å². The first kappa shape index (κ1) is 16.9. The fraction of sp³-hybridized carbons (Fsp3) is 0.105. The van der Waals surface area contributed by atoms with Gasteiger partial charge in [0.25, 0.3) is 6.02 Å². The van der Waals surface area contributed by atoms with E-state index in [-0.39, 0.29) is 28.9 Å². The number of nitrogens with zero attached hydrogens (tertiary/aromatic N) is 3. The molecule has 1 atom stereocenters. The van der Waals surface area contributed by atoms with Crippen molar-refractivity contribution in [1.29, 1.82) is 0 Å². The van der Waals surface area contributed by atoms with E-state index in [1.807, 2.05) is 0 Å². The molecule has 0 aliphatic carbocycles. The molecule has 28 heavy (non-hydrogen) atoms. The van der Waals surface area contributed by atoms with Crippen molar-refractivity contribution in [3.63, 3.8) is 0 Å². The van der Waals surface area contributed by atoms with Gasteiger partial charge in [-0.3, -0.25) is 0 Å². The smallest absolute Gasteiger partial charge is 0.283 e. The highest BCUT2D eigenvalue weighted by Crippen LogP contribution is 2.51. The molecule has 0 amide bonds. The summed E-state index contributed by atoms with van der Waals surface area (Å²) in [7, 11) is 0. The van der Waals surface area contributed by atoms with Crippen molar-refractivity contribution in [2.75, 3.05) is 6.61 Å². The van der Waals surface area contributed by atoms with Gasteiger partial charge >= 0.3 is 0 Å². The quantitative estimate of drug-likeness (QED) is 0.629. The fourth-order valence-electron chi connectivity index (χ4n) is 3.56. The lowest BCUT2D eigenvalue weighted by molar-refractivity contribution is 0.264. The van der Waals surface area contributed by atoms with Crippen molar-refractivity contribution < 1.29 is 18.3 Å². The minimum Gasteiger partial charge on any atom is -0.462 e. The van der Waals surface area contributed by atoms with Gasteiger partial charge in [-0.1, -0.05) is 17.7 Å². The molecule has 0 fully saturated rings. The Hall–Kier alpha value is -3.26. The van der Waals surface area contributed by atoms with Crippen LogP contribution in [0.15, 0.2) is 47.7 Å². The second-order valence-corrected chi connectivity index (χ2v) is 6.76. The molecule has 1 spiro atoms. The number of nitrogens with two attached hydrogens (primary N) is 1. The molecule has 1 aromatic carbocycles. The van der Waals surface area contributed by atoms with Gasteiger partial charge < -0.3 is 15.2 Å². The average molecular weight is 401 g/mol. The molecular formula is C19H11ClF2N4O2. The van der Waals surface area contributed by atoms with E-state index in [0.717, 1.165) is 12.3 Å². The van der Waals surface area contributed by atoms with Gasteiger partial charge in [0, 0.05) is 17.3 Å². The lowest BCUT2D eigenvalue weighted by Crippen LogP contribution is -2.31. The van der Waals surface area contributed by atoms with Crippen molar-refractivity contribution in [3.8, 4) is 22.6 Å². The number of rotatable bonds is 1. The lowest BCUT2D eigenvalue weighted by atomic mass is 9.81. The predicted octanol–water partition coefficient (Wildman–Crippen LogP) is 3.77. The zero-order valence-corrected chi connectivity index (χ0v) is 14.9. The standard InChI is InChI=1S/C19H11ClF2N4O2/c20-15-6-11-14(7-25-15)28-13-2-1-9(16-12(21)3-4-24-17(16)22)5-10(13)19(11)8-27-18(23)26-19/h1-7H,8H2,(H2,23,26). The third-order valence-electron chi connectivity index (χ3n) is 4.80. The van der Waals surface area contributed by atoms with Gasteiger partial charge in [0.2, 0.25) is 5.95 Å². The summed E-state index contributed by atoms with van der Waals surface area (Å²) < 4.78 is 39.8. The summed E-state index contributed by atoms with van der Waals surface area (Å²) in [5, 5.41) is 0.242. The lowest BCUT2D eigenvalue weighted by Gasteiger charge is -2.33. The molecule has 1 unspecified atom stereocenters. The number of fused-ring (bicyclic) bond motifs is 4. The number of aromatic nitrogens is 2. The number of hydrogen-bond acceptors (Lipinski definition) is 6. The molecule has 2 N–H and O–H groups in total. The number of hydrogen-bond donors (Lipinski definition) is 1. The molecule has 2 aliphatic heterocycles. The first-order chi connectivity index (χ1) is 13.5. The van der Waals surface area contributed by atoms with E-state index >= 15 is 0 Å². The largest absolute Gasteiger partial charge is 0.462 e. The summed E-state index contributed by atoms with van der Waals surface area (Å²) in [6, 6.07) is 7.47. The Bertz CT molecular complexity index is 1150. The normalized spacial score (nSPS) is 19.5. The van der Waals surface area contributed by atoms with E-state index in [2.05, 4.69) is 15.0 Å². The van der Waals surface area contributed by atoms with Crippen LogP contribution in [-0.4, -0.2) is 22.6 Å². The van der Waals surface area contributed by atoms with Crippen molar-refractivity contribution >= 4 is 17.6 Å². The maximum absolute atomic E-state index is 14.3. The minimum absolute atomic E-state index is 0.00382. The van der Waals surface area contributed by atoms with Crippen LogP contribution in [0.2, 0.25) is 5.15 Å². The van der Waals surface area contributed by atoms with E-state index in [1.54, 1.807) is 24.3 Å². The van der Waals surface area contributed by atoms with Gasteiger partial charge in [0.15, 0.2) is 11.3 Å². The Morgan fingerprint density at radius 3 is 2.64 bits per heavy atom. The van der Waals surface area contributed by atoms with E-state index < -0.39 is 17.3 Å². The third-order valence-corrected chi connectivity index (χ3v) is 5.00. The molecule has 0 saturated heterocycles. The molecule has 2 aromatic heterocycles. The molecule has 0 radical (unpaired) electrons. The summed E-state index contributed by atoms with van der Waals surface area (Å²) in [6.07, 6.45) is 2.55. The van der Waals surface area contributed by atoms with E-state index in [1.165, 1.54) is 6.20 Å². The van der Waals surface area contributed by atoms with Gasteiger partial charge in [-0.05, 0) is 29.8 Å². The monoisotopic (exact) mass is 400 g/mol. The van der Waals surface area contributed by atoms with Crippen LogP contribution in [0.1, 0.15) is 11.1 Å². The van der Waals surface area contributed by atoms with Crippen LogP contribution in [0.3, 0.4) is 0 Å². The molecular weight excluding hydrogens is 390 g/mol. The maximum Gasteiger partial charge on any atom is 0.283 e. The minimum atomic E-state index is -1.06. The average Bonchev–Trinajstić information content (AvgIpc) is 3.05. The van der Waals surface area contributed by atoms with Gasteiger partial charge in [0.05, 0.1) is 11.8 Å². The van der Waals surface area contributed by atoms with Crippen LogP contribution >= 0.6 is 11.6 Å². The maximum atomic E-state index is 14.3. The molecule has 5 rings (SSSR count).